The van der Waals surface area contributed by atoms with Crippen LogP contribution >= 0.6 is 12.4 Å². The molecule has 5 heteroatoms. The maximum absolute atomic E-state index is 11.9. The minimum Gasteiger partial charge on any atom is -0.393 e. The van der Waals surface area contributed by atoms with Crippen molar-refractivity contribution in [2.45, 2.75) is 39.2 Å². The number of piperidine rings is 1. The molecule has 0 aromatic carbocycles. The van der Waals surface area contributed by atoms with Gasteiger partial charge in [0.05, 0.1) is 11.5 Å². The summed E-state index contributed by atoms with van der Waals surface area (Å²) in [5.41, 5.74) is -0.267. The Balaban J connectivity index is 0.00000225. The van der Waals surface area contributed by atoms with Crippen LogP contribution in [-0.2, 0) is 4.79 Å². The van der Waals surface area contributed by atoms with Crippen LogP contribution in [0.3, 0.4) is 0 Å². The molecule has 0 bridgehead atoms. The zero-order chi connectivity index (χ0) is 11.3. The van der Waals surface area contributed by atoms with Gasteiger partial charge in [0.1, 0.15) is 0 Å². The lowest BCUT2D eigenvalue weighted by Crippen LogP contribution is -2.49. The summed E-state index contributed by atoms with van der Waals surface area (Å²) < 4.78 is 0. The summed E-state index contributed by atoms with van der Waals surface area (Å²) in [6.07, 6.45) is 2.28. The topological polar surface area (TPSA) is 61.4 Å². The molecule has 0 spiro atoms. The molecular formula is C11H23ClN2O2. The van der Waals surface area contributed by atoms with Crippen LogP contribution in [0.2, 0.25) is 0 Å². The minimum atomic E-state index is -0.345. The molecule has 0 saturated carbocycles. The fraction of sp³-hybridized carbons (Fsp3) is 0.909. The zero-order valence-corrected chi connectivity index (χ0v) is 10.9. The Morgan fingerprint density at radius 2 is 2.31 bits per heavy atom. The molecule has 1 aliphatic rings. The highest BCUT2D eigenvalue weighted by Crippen LogP contribution is 2.25. The predicted octanol–water partition coefficient (Wildman–Crippen LogP) is 0.685. The Morgan fingerprint density at radius 1 is 1.62 bits per heavy atom. The Bertz CT molecular complexity index is 216. The number of aliphatic hydroxyl groups excluding tert-OH is 1. The van der Waals surface area contributed by atoms with Gasteiger partial charge < -0.3 is 15.7 Å². The van der Waals surface area contributed by atoms with Crippen LogP contribution < -0.4 is 10.6 Å². The van der Waals surface area contributed by atoms with Crippen molar-refractivity contribution in [2.24, 2.45) is 5.41 Å². The monoisotopic (exact) mass is 250 g/mol. The van der Waals surface area contributed by atoms with Gasteiger partial charge in [0.15, 0.2) is 0 Å². The number of amides is 1. The first-order chi connectivity index (χ1) is 7.04. The van der Waals surface area contributed by atoms with Crippen LogP contribution in [0, 0.1) is 5.41 Å². The quantitative estimate of drug-likeness (QED) is 0.688. The zero-order valence-electron chi connectivity index (χ0n) is 10.1. The van der Waals surface area contributed by atoms with Gasteiger partial charge in [-0.2, -0.15) is 0 Å². The van der Waals surface area contributed by atoms with E-state index < -0.39 is 0 Å². The Hall–Kier alpha value is -0.320. The lowest BCUT2D eigenvalue weighted by atomic mass is 9.82. The van der Waals surface area contributed by atoms with Crippen LogP contribution in [0.4, 0.5) is 0 Å². The van der Waals surface area contributed by atoms with Crippen LogP contribution in [0.15, 0.2) is 0 Å². The van der Waals surface area contributed by atoms with Crippen molar-refractivity contribution in [1.29, 1.82) is 0 Å². The molecule has 4 nitrogen and oxygen atoms in total. The van der Waals surface area contributed by atoms with Crippen molar-refractivity contribution >= 4 is 18.3 Å². The average molecular weight is 251 g/mol. The van der Waals surface area contributed by atoms with Gasteiger partial charge in [0, 0.05) is 13.1 Å². The third-order valence-electron chi connectivity index (χ3n) is 2.99. The van der Waals surface area contributed by atoms with Crippen molar-refractivity contribution in [3.8, 4) is 0 Å². The molecule has 2 atom stereocenters. The van der Waals surface area contributed by atoms with E-state index in [1.54, 1.807) is 6.92 Å². The van der Waals surface area contributed by atoms with E-state index in [2.05, 4.69) is 10.6 Å². The third kappa shape index (κ3) is 4.68. The molecule has 3 N–H and O–H groups in total. The number of hydrogen-bond donors (Lipinski definition) is 3. The number of rotatable bonds is 4. The molecule has 1 saturated heterocycles. The Morgan fingerprint density at radius 3 is 2.81 bits per heavy atom. The van der Waals surface area contributed by atoms with Crippen molar-refractivity contribution in [3.63, 3.8) is 0 Å². The van der Waals surface area contributed by atoms with E-state index in [0.717, 1.165) is 25.9 Å². The lowest BCUT2D eigenvalue weighted by molar-refractivity contribution is -0.131. The average Bonchev–Trinajstić information content (AvgIpc) is 2.18. The summed E-state index contributed by atoms with van der Waals surface area (Å²) in [6, 6.07) is 0. The molecule has 2 unspecified atom stereocenters. The standard InChI is InChI=1S/C11H22N2O2.ClH/c1-9(14)4-7-13-10(15)11(2)5-3-6-12-8-11;/h9,12,14H,3-8H2,1-2H3,(H,13,15);1H. The van der Waals surface area contributed by atoms with E-state index in [-0.39, 0.29) is 29.8 Å². The molecule has 1 aliphatic heterocycles. The number of aliphatic hydroxyl groups is 1. The number of carbonyl (C=O) groups excluding carboxylic acids is 1. The van der Waals surface area contributed by atoms with Gasteiger partial charge in [-0.3, -0.25) is 4.79 Å². The van der Waals surface area contributed by atoms with Gasteiger partial charge in [-0.25, -0.2) is 0 Å². The van der Waals surface area contributed by atoms with Crippen molar-refractivity contribution < 1.29 is 9.90 Å². The third-order valence-corrected chi connectivity index (χ3v) is 2.99. The highest BCUT2D eigenvalue weighted by Gasteiger charge is 2.34. The van der Waals surface area contributed by atoms with Crippen LogP contribution in [-0.4, -0.2) is 36.8 Å². The molecule has 16 heavy (non-hydrogen) atoms. The number of hydrogen-bond acceptors (Lipinski definition) is 3. The van der Waals surface area contributed by atoms with Gasteiger partial charge in [-0.1, -0.05) is 0 Å². The van der Waals surface area contributed by atoms with Gasteiger partial charge in [-0.15, -0.1) is 12.4 Å². The minimum absolute atomic E-state index is 0. The molecular weight excluding hydrogens is 228 g/mol. The molecule has 0 radical (unpaired) electrons. The van der Waals surface area contributed by atoms with Gasteiger partial charge in [0.25, 0.3) is 0 Å². The fourth-order valence-electron chi connectivity index (χ4n) is 1.86. The molecule has 0 aromatic heterocycles. The molecule has 96 valence electrons. The number of halogens is 1. The van der Waals surface area contributed by atoms with Gasteiger partial charge in [0.2, 0.25) is 5.91 Å². The second-order valence-corrected chi connectivity index (χ2v) is 4.73. The fourth-order valence-corrected chi connectivity index (χ4v) is 1.86. The summed E-state index contributed by atoms with van der Waals surface area (Å²) in [4.78, 5) is 11.9. The molecule has 1 fully saturated rings. The Labute approximate surface area is 104 Å². The Kier molecular flexibility index (Phi) is 6.95. The highest BCUT2D eigenvalue weighted by atomic mass is 35.5. The molecule has 1 heterocycles. The van der Waals surface area contributed by atoms with Crippen molar-refractivity contribution in [3.05, 3.63) is 0 Å². The normalized spacial score (nSPS) is 26.7. The smallest absolute Gasteiger partial charge is 0.227 e. The lowest BCUT2D eigenvalue weighted by Gasteiger charge is -2.32. The van der Waals surface area contributed by atoms with E-state index >= 15 is 0 Å². The first kappa shape index (κ1) is 15.7. The molecule has 1 rings (SSSR count). The first-order valence-electron chi connectivity index (χ1n) is 5.72. The predicted molar refractivity (Wildman–Crippen MR) is 66.8 cm³/mol. The molecule has 1 amide bonds. The van der Waals surface area contributed by atoms with Crippen molar-refractivity contribution in [1.82, 2.24) is 10.6 Å². The SMILES string of the molecule is CC(O)CCNC(=O)C1(C)CCCNC1.Cl. The largest absolute Gasteiger partial charge is 0.393 e. The van der Waals surface area contributed by atoms with Crippen molar-refractivity contribution in [2.75, 3.05) is 19.6 Å². The van der Waals surface area contributed by atoms with Crippen LogP contribution in [0.5, 0.6) is 0 Å². The van der Waals surface area contributed by atoms with E-state index in [9.17, 15) is 4.79 Å². The van der Waals surface area contributed by atoms with Gasteiger partial charge >= 0.3 is 0 Å². The maximum Gasteiger partial charge on any atom is 0.227 e. The van der Waals surface area contributed by atoms with Crippen LogP contribution in [0.25, 0.3) is 0 Å². The summed E-state index contributed by atoms with van der Waals surface area (Å²) in [7, 11) is 0. The first-order valence-corrected chi connectivity index (χ1v) is 5.72. The van der Waals surface area contributed by atoms with E-state index in [4.69, 9.17) is 5.11 Å². The summed E-state index contributed by atoms with van der Waals surface area (Å²) >= 11 is 0. The second-order valence-electron chi connectivity index (χ2n) is 4.73. The van der Waals surface area contributed by atoms with E-state index in [1.807, 2.05) is 6.92 Å². The van der Waals surface area contributed by atoms with E-state index in [0.29, 0.717) is 13.0 Å². The summed E-state index contributed by atoms with van der Waals surface area (Å²) in [6.45, 7) is 6.06. The second kappa shape index (κ2) is 7.09. The van der Waals surface area contributed by atoms with E-state index in [1.165, 1.54) is 0 Å². The summed E-state index contributed by atoms with van der Waals surface area (Å²) in [5, 5.41) is 15.2. The number of nitrogens with one attached hydrogen (secondary N) is 2. The molecule has 0 aromatic rings. The summed E-state index contributed by atoms with van der Waals surface area (Å²) in [5.74, 6) is 0.107. The maximum atomic E-state index is 11.9. The highest BCUT2D eigenvalue weighted by molar-refractivity contribution is 5.85. The van der Waals surface area contributed by atoms with Crippen LogP contribution in [0.1, 0.15) is 33.1 Å². The molecule has 0 aliphatic carbocycles. The van der Waals surface area contributed by atoms with Gasteiger partial charge in [-0.05, 0) is 39.7 Å². The number of carbonyl (C=O) groups is 1.